The first kappa shape index (κ1) is 4.48. The molecule has 0 bridgehead atoms. The van der Waals surface area contributed by atoms with Gasteiger partial charge >= 0.3 is 0 Å². The second kappa shape index (κ2) is 0.849. The van der Waals surface area contributed by atoms with E-state index < -0.39 is 0 Å². The van der Waals surface area contributed by atoms with Crippen LogP contribution in [-0.4, -0.2) is 0 Å². The summed E-state index contributed by atoms with van der Waals surface area (Å²) in [6.45, 7) is 0. The quantitative estimate of drug-likeness (QED) is 0.498. The summed E-state index contributed by atoms with van der Waals surface area (Å²) < 4.78 is 0. The molecule has 0 saturated heterocycles. The molecule has 12 heavy (non-hydrogen) atoms. The maximum atomic E-state index is 1.33. The molecular weight excluding hydrogens is 144 g/mol. The van der Waals surface area contributed by atoms with E-state index in [4.69, 9.17) is 0 Å². The van der Waals surface area contributed by atoms with Gasteiger partial charge in [0.15, 0.2) is 0 Å². The van der Waals surface area contributed by atoms with Crippen molar-refractivity contribution in [2.24, 2.45) is 71.0 Å². The van der Waals surface area contributed by atoms with E-state index in [1.54, 1.807) is 0 Å². The summed E-state index contributed by atoms with van der Waals surface area (Å²) in [5.74, 6) is 16.0. The Bertz CT molecular complexity index is 186. The van der Waals surface area contributed by atoms with Gasteiger partial charge in [0.05, 0.1) is 0 Å². The predicted molar refractivity (Wildman–Crippen MR) is 41.9 cm³/mol. The zero-order chi connectivity index (χ0) is 6.93. The van der Waals surface area contributed by atoms with Crippen molar-refractivity contribution in [2.45, 2.75) is 0 Å². The Morgan fingerprint density at radius 1 is 0.167 bits per heavy atom. The first-order chi connectivity index (χ1) is 6.00. The molecule has 8 aliphatic carbocycles. The van der Waals surface area contributed by atoms with E-state index in [2.05, 4.69) is 0 Å². The fraction of sp³-hybridized carbons (Fsp3) is 1.00. The van der Waals surface area contributed by atoms with Crippen LogP contribution < -0.4 is 0 Å². The van der Waals surface area contributed by atoms with Crippen LogP contribution in [0.15, 0.2) is 0 Å². The summed E-state index contributed by atoms with van der Waals surface area (Å²) in [5, 5.41) is 0. The second-order valence-electron chi connectivity index (χ2n) is 6.93. The standard InChI is InChI=1S/C12H12/c1-2-3(1)6-10-8-4(1)7(8)9-5(2)11(9)12(6)10/h1-12H. The molecule has 0 unspecified atom stereocenters. The molecule has 0 nitrogen and oxygen atoms in total. The molecule has 0 aromatic rings. The summed E-state index contributed by atoms with van der Waals surface area (Å²) in [6, 6.07) is 0. The normalized spacial score (nSPS) is 108. The summed E-state index contributed by atoms with van der Waals surface area (Å²) in [6.07, 6.45) is 0. The second-order valence-corrected chi connectivity index (χ2v) is 6.93. The smallest absolute Gasteiger partial charge is 0.0312 e. The van der Waals surface area contributed by atoms with E-state index in [1.807, 2.05) is 0 Å². The van der Waals surface area contributed by atoms with Gasteiger partial charge in [-0.05, 0) is 71.0 Å². The molecule has 60 valence electrons. The Morgan fingerprint density at radius 3 is 0.333 bits per heavy atom. The lowest BCUT2D eigenvalue weighted by atomic mass is 10.0. The molecule has 0 N–H and O–H groups in total. The fourth-order valence-electron chi connectivity index (χ4n) is 7.70. The zero-order valence-electron chi connectivity index (χ0n) is 6.93. The maximum absolute atomic E-state index is 1.33. The van der Waals surface area contributed by atoms with Gasteiger partial charge in [-0.1, -0.05) is 0 Å². The van der Waals surface area contributed by atoms with Crippen LogP contribution in [0.3, 0.4) is 0 Å². The number of hydrogen-bond donors (Lipinski definition) is 0. The van der Waals surface area contributed by atoms with Crippen molar-refractivity contribution in [1.29, 1.82) is 0 Å². The lowest BCUT2D eigenvalue weighted by Gasteiger charge is -2.03. The van der Waals surface area contributed by atoms with Crippen LogP contribution in [0, 0.1) is 71.0 Å². The summed E-state index contributed by atoms with van der Waals surface area (Å²) in [7, 11) is 0. The minimum absolute atomic E-state index is 1.33. The molecule has 8 rings (SSSR count). The molecule has 0 aromatic heterocycles. The first-order valence-corrected chi connectivity index (χ1v) is 6.00. The molecule has 0 radical (unpaired) electrons. The van der Waals surface area contributed by atoms with Crippen LogP contribution in [0.5, 0.6) is 0 Å². The molecule has 0 heterocycles. The molecule has 0 atom stereocenters. The average molecular weight is 156 g/mol. The highest BCUT2D eigenvalue weighted by atomic mass is 15.0. The number of rotatable bonds is 0. The minimum atomic E-state index is 1.33. The van der Waals surface area contributed by atoms with Crippen LogP contribution in [0.25, 0.3) is 0 Å². The van der Waals surface area contributed by atoms with Gasteiger partial charge in [0.2, 0.25) is 0 Å². The van der Waals surface area contributed by atoms with Crippen LogP contribution >= 0.6 is 0 Å². The summed E-state index contributed by atoms with van der Waals surface area (Å²) in [4.78, 5) is 0. The van der Waals surface area contributed by atoms with Crippen molar-refractivity contribution >= 4 is 0 Å². The largest absolute Gasteiger partial charge is 0.0312 e. The van der Waals surface area contributed by atoms with Crippen molar-refractivity contribution in [3.63, 3.8) is 0 Å². The molecule has 8 aliphatic rings. The average Bonchev–Trinajstić information content (AvgIpc) is 2.70. The SMILES string of the molecule is C12C3C4C5C6C1C2C1C(C34)C1C65. The van der Waals surface area contributed by atoms with E-state index in [9.17, 15) is 0 Å². The Labute approximate surface area is 71.7 Å². The van der Waals surface area contributed by atoms with Gasteiger partial charge in [-0.25, -0.2) is 0 Å². The van der Waals surface area contributed by atoms with Gasteiger partial charge in [0, 0.05) is 0 Å². The fourth-order valence-corrected chi connectivity index (χ4v) is 7.70. The monoisotopic (exact) mass is 156 g/mol. The van der Waals surface area contributed by atoms with Gasteiger partial charge in [-0.15, -0.1) is 0 Å². The van der Waals surface area contributed by atoms with Gasteiger partial charge in [0.25, 0.3) is 0 Å². The van der Waals surface area contributed by atoms with Crippen LogP contribution in [0.4, 0.5) is 0 Å². The van der Waals surface area contributed by atoms with Crippen LogP contribution in [-0.2, 0) is 0 Å². The topological polar surface area (TPSA) is 0 Å². The summed E-state index contributed by atoms with van der Waals surface area (Å²) in [5.41, 5.74) is 0. The lowest BCUT2D eigenvalue weighted by molar-refractivity contribution is 0.434. The molecular formula is C12H12. The first-order valence-electron chi connectivity index (χ1n) is 6.00. The summed E-state index contributed by atoms with van der Waals surface area (Å²) >= 11 is 0. The lowest BCUT2D eigenvalue weighted by Crippen LogP contribution is -2.00. The highest BCUT2D eigenvalue weighted by molar-refractivity contribution is 5.44. The molecule has 8 fully saturated rings. The van der Waals surface area contributed by atoms with Gasteiger partial charge in [0.1, 0.15) is 0 Å². The third-order valence-corrected chi connectivity index (χ3v) is 7.44. The molecule has 0 spiro atoms. The molecule has 8 saturated carbocycles. The molecule has 0 aromatic carbocycles. The van der Waals surface area contributed by atoms with E-state index in [1.165, 1.54) is 71.0 Å². The maximum Gasteiger partial charge on any atom is -0.0312 e. The van der Waals surface area contributed by atoms with Crippen molar-refractivity contribution < 1.29 is 0 Å². The van der Waals surface area contributed by atoms with Gasteiger partial charge < -0.3 is 0 Å². The van der Waals surface area contributed by atoms with Crippen molar-refractivity contribution in [3.05, 3.63) is 0 Å². The van der Waals surface area contributed by atoms with E-state index in [-0.39, 0.29) is 0 Å². The van der Waals surface area contributed by atoms with E-state index in [0.717, 1.165) is 0 Å². The number of hydrogen-bond acceptors (Lipinski definition) is 0. The van der Waals surface area contributed by atoms with Crippen molar-refractivity contribution in [1.82, 2.24) is 0 Å². The van der Waals surface area contributed by atoms with Crippen LogP contribution in [0.1, 0.15) is 0 Å². The molecule has 0 amide bonds. The molecule has 0 heteroatoms. The Morgan fingerprint density at radius 2 is 0.250 bits per heavy atom. The Hall–Kier alpha value is 0. The molecule has 0 aliphatic heterocycles. The highest BCUT2D eigenvalue weighted by Crippen LogP contribution is 3.01. The van der Waals surface area contributed by atoms with Crippen molar-refractivity contribution in [2.75, 3.05) is 0 Å². The highest BCUT2D eigenvalue weighted by Gasteiger charge is 2.98. The van der Waals surface area contributed by atoms with E-state index >= 15 is 0 Å². The van der Waals surface area contributed by atoms with Gasteiger partial charge in [-0.2, -0.15) is 0 Å². The Kier molecular flexibility index (Phi) is 0.317. The minimum Gasteiger partial charge on any atom is -0.0312 e. The van der Waals surface area contributed by atoms with Gasteiger partial charge in [-0.3, -0.25) is 0 Å². The Balaban J connectivity index is 1.76. The van der Waals surface area contributed by atoms with E-state index in [0.29, 0.717) is 0 Å². The third-order valence-electron chi connectivity index (χ3n) is 7.44. The predicted octanol–water partition coefficient (Wildman–Crippen LogP) is 1.48. The third kappa shape index (κ3) is 0.198. The van der Waals surface area contributed by atoms with Crippen LogP contribution in [0.2, 0.25) is 0 Å². The van der Waals surface area contributed by atoms with Crippen molar-refractivity contribution in [3.8, 4) is 0 Å². The zero-order valence-corrected chi connectivity index (χ0v) is 6.93.